The van der Waals surface area contributed by atoms with Crippen LogP contribution < -0.4 is 14.9 Å². The van der Waals surface area contributed by atoms with Crippen LogP contribution in [0.3, 0.4) is 0 Å². The molecule has 1 aromatic heterocycles. The average Bonchev–Trinajstić information content (AvgIpc) is 3.22. The highest BCUT2D eigenvalue weighted by Crippen LogP contribution is 2.41. The Kier molecular flexibility index (Phi) is 7.70. The van der Waals surface area contributed by atoms with Crippen LogP contribution >= 0.6 is 0 Å². The molecule has 7 heteroatoms. The summed E-state index contributed by atoms with van der Waals surface area (Å²) in [7, 11) is 1.58. The van der Waals surface area contributed by atoms with E-state index < -0.39 is 6.04 Å². The molecule has 0 spiro atoms. The minimum Gasteiger partial charge on any atom is -0.493 e. The number of aryl methyl sites for hydroxylation is 1. The van der Waals surface area contributed by atoms with Crippen molar-refractivity contribution in [2.45, 2.75) is 45.9 Å². The molecule has 202 valence electrons. The van der Waals surface area contributed by atoms with Crippen molar-refractivity contribution in [2.24, 2.45) is 0 Å². The number of carbonyl (C=O) groups is 1. The summed E-state index contributed by atoms with van der Waals surface area (Å²) >= 11 is 0. The van der Waals surface area contributed by atoms with Gasteiger partial charge in [-0.1, -0.05) is 48.0 Å². The maximum absolute atomic E-state index is 13.8. The zero-order chi connectivity index (χ0) is 27.5. The summed E-state index contributed by atoms with van der Waals surface area (Å²) in [6.07, 6.45) is 0.716. The number of carbonyl (C=O) groups excluding carboxylic acids is 1. The third kappa shape index (κ3) is 5.40. The first-order valence-electron chi connectivity index (χ1n) is 13.2. The second-order valence-electron chi connectivity index (χ2n) is 10.0. The van der Waals surface area contributed by atoms with Gasteiger partial charge in [-0.3, -0.25) is 9.59 Å². The van der Waals surface area contributed by atoms with E-state index in [-0.39, 0.29) is 23.2 Å². The summed E-state index contributed by atoms with van der Waals surface area (Å²) in [5.41, 5.74) is 3.28. The van der Waals surface area contributed by atoms with Crippen LogP contribution in [0.2, 0.25) is 0 Å². The molecular weight excluding hydrogens is 494 g/mol. The van der Waals surface area contributed by atoms with Gasteiger partial charge >= 0.3 is 0 Å². The number of ether oxygens (including phenoxy) is 3. The first-order valence-corrected chi connectivity index (χ1v) is 13.2. The Balaban J connectivity index is 1.54. The van der Waals surface area contributed by atoms with Gasteiger partial charge in [0.1, 0.15) is 12.2 Å². The van der Waals surface area contributed by atoms with Crippen molar-refractivity contribution < 1.29 is 23.4 Å². The van der Waals surface area contributed by atoms with Crippen molar-refractivity contribution in [1.82, 2.24) is 4.90 Å². The minimum atomic E-state index is -0.621. The van der Waals surface area contributed by atoms with Gasteiger partial charge < -0.3 is 23.5 Å². The Morgan fingerprint density at radius 3 is 2.51 bits per heavy atom. The summed E-state index contributed by atoms with van der Waals surface area (Å²) < 4.78 is 23.5. The van der Waals surface area contributed by atoms with Crippen LogP contribution in [0, 0.1) is 6.92 Å². The van der Waals surface area contributed by atoms with Crippen molar-refractivity contribution >= 4 is 16.9 Å². The number of methoxy groups -OCH3 is 1. The largest absolute Gasteiger partial charge is 0.493 e. The van der Waals surface area contributed by atoms with E-state index in [1.54, 1.807) is 18.1 Å². The molecule has 0 radical (unpaired) electrons. The van der Waals surface area contributed by atoms with Gasteiger partial charge in [0.25, 0.3) is 5.91 Å². The van der Waals surface area contributed by atoms with Gasteiger partial charge in [-0.25, -0.2) is 0 Å². The molecule has 1 aliphatic rings. The summed E-state index contributed by atoms with van der Waals surface area (Å²) in [4.78, 5) is 29.2. The summed E-state index contributed by atoms with van der Waals surface area (Å²) in [6.45, 7) is 7.17. The summed E-state index contributed by atoms with van der Waals surface area (Å²) in [5, 5.41) is 0.464. The highest BCUT2D eigenvalue weighted by atomic mass is 16.5. The third-order valence-corrected chi connectivity index (χ3v) is 6.86. The summed E-state index contributed by atoms with van der Waals surface area (Å²) in [5.74, 6) is 0.887. The van der Waals surface area contributed by atoms with Crippen LogP contribution in [0.4, 0.5) is 0 Å². The van der Waals surface area contributed by atoms with E-state index in [1.165, 1.54) is 0 Å². The van der Waals surface area contributed by atoms with Crippen LogP contribution in [0.1, 0.15) is 59.1 Å². The predicted octanol–water partition coefficient (Wildman–Crippen LogP) is 6.05. The van der Waals surface area contributed by atoms with E-state index in [0.29, 0.717) is 54.2 Å². The predicted molar refractivity (Wildman–Crippen MR) is 150 cm³/mol. The van der Waals surface area contributed by atoms with Crippen molar-refractivity contribution in [1.29, 1.82) is 0 Å². The Morgan fingerprint density at radius 2 is 1.77 bits per heavy atom. The lowest BCUT2D eigenvalue weighted by Crippen LogP contribution is -2.31. The third-order valence-electron chi connectivity index (χ3n) is 6.86. The number of nitrogens with zero attached hydrogens (tertiary/aromatic N) is 1. The van der Waals surface area contributed by atoms with Crippen LogP contribution in [-0.2, 0) is 11.3 Å². The van der Waals surface area contributed by atoms with Crippen molar-refractivity contribution in [3.05, 3.63) is 105 Å². The van der Waals surface area contributed by atoms with Crippen molar-refractivity contribution in [3.63, 3.8) is 0 Å². The molecule has 1 atom stereocenters. The number of fused-ring (bicyclic) bond motifs is 2. The van der Waals surface area contributed by atoms with E-state index in [1.807, 2.05) is 81.4 Å². The smallest absolute Gasteiger partial charge is 0.290 e. The van der Waals surface area contributed by atoms with E-state index in [0.717, 1.165) is 16.7 Å². The first kappa shape index (κ1) is 26.5. The van der Waals surface area contributed by atoms with Crippen LogP contribution in [0.5, 0.6) is 11.5 Å². The molecular formula is C32H33NO6. The highest BCUT2D eigenvalue weighted by molar-refractivity contribution is 5.99. The molecule has 1 unspecified atom stereocenters. The van der Waals surface area contributed by atoms with Gasteiger partial charge in [0.2, 0.25) is 5.76 Å². The van der Waals surface area contributed by atoms with Gasteiger partial charge in [-0.2, -0.15) is 0 Å². The number of rotatable bonds is 10. The number of hydrogen-bond acceptors (Lipinski definition) is 6. The first-order chi connectivity index (χ1) is 18.9. The molecule has 5 rings (SSSR count). The maximum Gasteiger partial charge on any atom is 0.290 e. The lowest BCUT2D eigenvalue weighted by Gasteiger charge is -2.26. The van der Waals surface area contributed by atoms with E-state index in [4.69, 9.17) is 18.6 Å². The molecule has 0 saturated heterocycles. The monoisotopic (exact) mass is 527 g/mol. The minimum absolute atomic E-state index is 0.0921. The molecule has 1 amide bonds. The molecule has 1 aliphatic heterocycles. The molecule has 3 aromatic carbocycles. The molecule has 7 nitrogen and oxygen atoms in total. The fourth-order valence-electron chi connectivity index (χ4n) is 4.97. The fourth-order valence-corrected chi connectivity index (χ4v) is 4.97. The Bertz CT molecular complexity index is 1540. The normalized spacial score (nSPS) is 14.7. The number of hydrogen-bond donors (Lipinski definition) is 0. The molecule has 0 aliphatic carbocycles. The molecule has 0 saturated carbocycles. The number of benzene rings is 3. The standard InChI is InChI=1S/C32H33NO6/c1-20(2)37-16-8-15-33-29(28-30(34)24-17-21(3)11-13-25(24)39-31(28)32(33)35)23-12-14-26(27(18-23)36-4)38-19-22-9-6-5-7-10-22/h5-7,9-14,17-18,20,29H,8,15-16,19H2,1-4H3. The molecule has 39 heavy (non-hydrogen) atoms. The topological polar surface area (TPSA) is 78.2 Å². The molecule has 0 N–H and O–H groups in total. The van der Waals surface area contributed by atoms with Crippen molar-refractivity contribution in [3.8, 4) is 11.5 Å². The van der Waals surface area contributed by atoms with Gasteiger partial charge in [-0.15, -0.1) is 0 Å². The van der Waals surface area contributed by atoms with Crippen LogP contribution in [0.15, 0.2) is 75.9 Å². The Labute approximate surface area is 227 Å². The Morgan fingerprint density at radius 1 is 0.974 bits per heavy atom. The molecule has 0 bridgehead atoms. The van der Waals surface area contributed by atoms with Gasteiger partial charge in [-0.05, 0) is 62.6 Å². The summed E-state index contributed by atoms with van der Waals surface area (Å²) in [6, 6.07) is 20.2. The maximum atomic E-state index is 13.8. The van der Waals surface area contributed by atoms with E-state index in [9.17, 15) is 9.59 Å². The lowest BCUT2D eigenvalue weighted by molar-refractivity contribution is 0.0593. The van der Waals surface area contributed by atoms with Crippen LogP contribution in [-0.4, -0.2) is 37.2 Å². The molecule has 4 aromatic rings. The van der Waals surface area contributed by atoms with Crippen molar-refractivity contribution in [2.75, 3.05) is 20.3 Å². The molecule has 2 heterocycles. The fraction of sp³-hybridized carbons (Fsp3) is 0.312. The van der Waals surface area contributed by atoms with Crippen LogP contribution in [0.25, 0.3) is 11.0 Å². The van der Waals surface area contributed by atoms with Gasteiger partial charge in [0.05, 0.1) is 30.2 Å². The van der Waals surface area contributed by atoms with E-state index >= 15 is 0 Å². The quantitative estimate of drug-likeness (QED) is 0.234. The Hall–Kier alpha value is -4.10. The second kappa shape index (κ2) is 11.3. The highest BCUT2D eigenvalue weighted by Gasteiger charge is 2.42. The zero-order valence-corrected chi connectivity index (χ0v) is 22.7. The van der Waals surface area contributed by atoms with E-state index in [2.05, 4.69) is 0 Å². The average molecular weight is 528 g/mol. The molecule has 0 fully saturated rings. The van der Waals surface area contributed by atoms with Gasteiger partial charge in [0.15, 0.2) is 16.9 Å². The zero-order valence-electron chi connectivity index (χ0n) is 22.7. The second-order valence-corrected chi connectivity index (χ2v) is 10.0. The van der Waals surface area contributed by atoms with Gasteiger partial charge in [0, 0.05) is 13.2 Å². The SMILES string of the molecule is COc1cc(C2c3c(oc4ccc(C)cc4c3=O)C(=O)N2CCCOC(C)C)ccc1OCc1ccccc1. The number of amides is 1. The lowest BCUT2D eigenvalue weighted by atomic mass is 9.97.